The highest BCUT2D eigenvalue weighted by Gasteiger charge is 2.84. The van der Waals surface area contributed by atoms with Crippen molar-refractivity contribution in [2.45, 2.75) is 102 Å². The van der Waals surface area contributed by atoms with E-state index in [0.717, 1.165) is 32.2 Å². The number of carbonyl (C=O) groups excluding carboxylic acids is 4. The van der Waals surface area contributed by atoms with Gasteiger partial charge in [0.15, 0.2) is 0 Å². The smallest absolute Gasteiger partial charge is 0.340 e. The molecule has 6 aliphatic rings. The Labute approximate surface area is 334 Å². The molecule has 1 spiro atoms. The maximum atomic E-state index is 14.2. The van der Waals surface area contributed by atoms with Gasteiger partial charge in [-0.3, -0.25) is 19.3 Å². The van der Waals surface area contributed by atoms with Crippen LogP contribution in [0.5, 0.6) is 0 Å². The summed E-state index contributed by atoms with van der Waals surface area (Å²) >= 11 is 0. The fraction of sp³-hybridized carbons (Fsp3) is 0.636. The number of esters is 2. The minimum atomic E-state index is -1.62. The molecule has 1 heterocycles. The zero-order chi connectivity index (χ0) is 40.7. The average Bonchev–Trinajstić information content (AvgIpc) is 3.64. The van der Waals surface area contributed by atoms with E-state index in [4.69, 9.17) is 18.9 Å². The van der Waals surface area contributed by atoms with Crippen LogP contribution in [0.2, 0.25) is 0 Å². The molecule has 2 aromatic rings. The quantitative estimate of drug-likeness (QED) is 0.221. The molecule has 5 saturated carbocycles. The summed E-state index contributed by atoms with van der Waals surface area (Å²) in [6.07, 6.45) is 2.98. The highest BCUT2D eigenvalue weighted by Crippen LogP contribution is 2.79. The lowest BCUT2D eigenvalue weighted by atomic mass is 9.43. The third-order valence-corrected chi connectivity index (χ3v) is 15.5. The maximum absolute atomic E-state index is 14.2. The molecule has 4 N–H and O–H groups in total. The lowest BCUT2D eigenvalue weighted by molar-refractivity contribution is -0.276. The first-order chi connectivity index (χ1) is 27.2. The van der Waals surface area contributed by atoms with E-state index in [0.29, 0.717) is 13.0 Å². The van der Waals surface area contributed by atoms with Crippen molar-refractivity contribution in [2.75, 3.05) is 44.5 Å². The Morgan fingerprint density at radius 2 is 1.63 bits per heavy atom. The molecule has 7 bridgehead atoms. The predicted octanol–water partition coefficient (Wildman–Crippen LogP) is 4.66. The van der Waals surface area contributed by atoms with Crippen LogP contribution in [0.3, 0.4) is 0 Å². The van der Waals surface area contributed by atoms with Crippen molar-refractivity contribution in [1.82, 2.24) is 4.90 Å². The van der Waals surface area contributed by atoms with Gasteiger partial charge >= 0.3 is 11.9 Å². The van der Waals surface area contributed by atoms with Gasteiger partial charge in [0.25, 0.3) is 11.8 Å². The number of para-hydroxylation sites is 2. The second-order valence-corrected chi connectivity index (χ2v) is 17.8. The van der Waals surface area contributed by atoms with E-state index < -0.39 is 40.5 Å². The van der Waals surface area contributed by atoms with Gasteiger partial charge in [-0.05, 0) is 81.7 Å². The molecule has 0 radical (unpaired) electrons. The zero-order valence-corrected chi connectivity index (χ0v) is 33.8. The van der Waals surface area contributed by atoms with Crippen LogP contribution in [0.15, 0.2) is 48.5 Å². The Morgan fingerprint density at radius 3 is 2.28 bits per heavy atom. The van der Waals surface area contributed by atoms with Crippen LogP contribution in [0.25, 0.3) is 0 Å². The number of fused-ring (bicyclic) bond motifs is 2. The molecular formula is C44H57N3O10. The number of carbonyl (C=O) groups is 4. The largest absolute Gasteiger partial charge is 0.462 e. The fourth-order valence-electron chi connectivity index (χ4n) is 13.1. The minimum Gasteiger partial charge on any atom is -0.462 e. The first kappa shape index (κ1) is 39.9. The Bertz CT molecular complexity index is 1940. The van der Waals surface area contributed by atoms with Crippen molar-refractivity contribution < 1.29 is 48.3 Å². The Hall–Kier alpha value is -3.88. The number of nitrogens with zero attached hydrogens (tertiary/aromatic N) is 1. The van der Waals surface area contributed by atoms with Crippen LogP contribution in [-0.4, -0.2) is 108 Å². The zero-order valence-electron chi connectivity index (χ0n) is 33.8. The molecular weight excluding hydrogens is 730 g/mol. The Kier molecular flexibility index (Phi) is 10.1. The number of amides is 2. The van der Waals surface area contributed by atoms with Crippen LogP contribution < -0.4 is 10.6 Å². The third-order valence-electron chi connectivity index (χ3n) is 15.5. The van der Waals surface area contributed by atoms with Gasteiger partial charge in [-0.15, -0.1) is 0 Å². The van der Waals surface area contributed by atoms with Gasteiger partial charge < -0.3 is 39.8 Å². The lowest BCUT2D eigenvalue weighted by Crippen LogP contribution is -2.76. The van der Waals surface area contributed by atoms with E-state index in [9.17, 15) is 29.4 Å². The summed E-state index contributed by atoms with van der Waals surface area (Å²) < 4.78 is 25.0. The summed E-state index contributed by atoms with van der Waals surface area (Å²) in [5.74, 6) is -2.39. The number of aliphatic hydroxyl groups is 2. The second-order valence-electron chi connectivity index (χ2n) is 17.8. The molecule has 13 atom stereocenters. The van der Waals surface area contributed by atoms with Crippen molar-refractivity contribution in [2.24, 2.45) is 40.4 Å². The first-order valence-corrected chi connectivity index (χ1v) is 20.6. The Balaban J connectivity index is 1.08. The monoisotopic (exact) mass is 787 g/mol. The van der Waals surface area contributed by atoms with Gasteiger partial charge in [0, 0.05) is 68.7 Å². The molecule has 308 valence electrons. The molecule has 13 heteroatoms. The van der Waals surface area contributed by atoms with E-state index in [2.05, 4.69) is 22.5 Å². The minimum absolute atomic E-state index is 0.0112. The van der Waals surface area contributed by atoms with Gasteiger partial charge in [-0.2, -0.15) is 0 Å². The average molecular weight is 788 g/mol. The SMILES string of the molecule is CCN1C[C@]2(COC(=O)c3ccccc3NC(=O)c3ccccc3NC(=O)C(C)(O)CC)CC[C@H](OC)C34C1C(C[C@@H]32)[C@@]1(O)C[C@H](OC)C2C[C@@H]4[C@@H]1[C@H]2OC(C)=O. The normalized spacial score (nSPS) is 38.1. The third kappa shape index (κ3) is 5.89. The maximum Gasteiger partial charge on any atom is 0.340 e. The molecule has 5 unspecified atom stereocenters. The molecule has 1 aliphatic heterocycles. The van der Waals surface area contributed by atoms with Gasteiger partial charge in [0.1, 0.15) is 11.7 Å². The molecule has 2 aromatic carbocycles. The van der Waals surface area contributed by atoms with Crippen molar-refractivity contribution in [3.05, 3.63) is 59.7 Å². The predicted molar refractivity (Wildman–Crippen MR) is 209 cm³/mol. The number of methoxy groups -OCH3 is 2. The van der Waals surface area contributed by atoms with Crippen molar-refractivity contribution in [1.29, 1.82) is 0 Å². The molecule has 6 fully saturated rings. The molecule has 57 heavy (non-hydrogen) atoms. The van der Waals surface area contributed by atoms with E-state index in [1.165, 1.54) is 13.8 Å². The summed E-state index contributed by atoms with van der Waals surface area (Å²) in [6, 6.07) is 13.3. The number of nitrogens with one attached hydrogen (secondary N) is 2. The number of benzene rings is 2. The summed E-state index contributed by atoms with van der Waals surface area (Å²) in [4.78, 5) is 55.8. The second kappa shape index (κ2) is 14.4. The summed E-state index contributed by atoms with van der Waals surface area (Å²) in [5, 5.41) is 29.0. The number of anilines is 2. The van der Waals surface area contributed by atoms with E-state index >= 15 is 0 Å². The van der Waals surface area contributed by atoms with Gasteiger partial charge in [0.2, 0.25) is 0 Å². The van der Waals surface area contributed by atoms with Crippen molar-refractivity contribution in [3.8, 4) is 0 Å². The summed E-state index contributed by atoms with van der Waals surface area (Å²) in [7, 11) is 3.48. The fourth-order valence-corrected chi connectivity index (χ4v) is 13.1. The molecule has 5 aliphatic carbocycles. The van der Waals surface area contributed by atoms with Crippen LogP contribution in [0.1, 0.15) is 86.9 Å². The number of rotatable bonds is 12. The highest BCUT2D eigenvalue weighted by atomic mass is 16.6. The van der Waals surface area contributed by atoms with E-state index in [1.54, 1.807) is 69.7 Å². The lowest BCUT2D eigenvalue weighted by Gasteiger charge is -2.69. The van der Waals surface area contributed by atoms with Crippen molar-refractivity contribution >= 4 is 35.1 Å². The summed E-state index contributed by atoms with van der Waals surface area (Å²) in [5.41, 5.74) is -2.65. The van der Waals surface area contributed by atoms with Gasteiger partial charge in [-0.25, -0.2) is 4.79 Å². The number of hydrogen-bond donors (Lipinski definition) is 4. The molecule has 8 rings (SSSR count). The first-order valence-electron chi connectivity index (χ1n) is 20.6. The standard InChI is InChI=1S/C44H57N3O10/c1-7-41(4,52)40(51)46-30-15-11-9-13-25(30)38(49)45-31-16-12-10-14-26(31)39(50)56-23-42-18-17-34(55-6)44-28-19-27-32(54-5)21-43(53,35(28)36(27)57-24(3)48)29(20-33(42)44)37(44)47(8-2)22-42/h9-16,27-29,32-37,52-53H,7-8,17-23H2,1-6H3,(H,45,49)(H,46,51)/t27?,28-,29?,32+,33-,34+,35-,36+,37?,41?,42+,43+,44?/m1/s1. The van der Waals surface area contributed by atoms with Gasteiger partial charge in [-0.1, -0.05) is 38.1 Å². The van der Waals surface area contributed by atoms with Crippen LogP contribution in [0.4, 0.5) is 11.4 Å². The summed E-state index contributed by atoms with van der Waals surface area (Å²) in [6.45, 7) is 8.33. The van der Waals surface area contributed by atoms with Crippen LogP contribution in [-0.2, 0) is 28.5 Å². The van der Waals surface area contributed by atoms with E-state index in [1.807, 2.05) is 0 Å². The van der Waals surface area contributed by atoms with Gasteiger partial charge in [0.05, 0.1) is 46.9 Å². The number of likely N-dealkylation sites (tertiary alicyclic amines) is 1. The molecule has 1 saturated heterocycles. The topological polar surface area (TPSA) is 173 Å². The molecule has 0 aromatic heterocycles. The van der Waals surface area contributed by atoms with Crippen LogP contribution >= 0.6 is 0 Å². The Morgan fingerprint density at radius 1 is 0.947 bits per heavy atom. The van der Waals surface area contributed by atoms with E-state index in [-0.39, 0.29) is 94.8 Å². The van der Waals surface area contributed by atoms with Crippen molar-refractivity contribution in [3.63, 3.8) is 0 Å². The van der Waals surface area contributed by atoms with Crippen LogP contribution in [0, 0.1) is 40.4 Å². The number of ether oxygens (including phenoxy) is 4. The number of hydrogen-bond acceptors (Lipinski definition) is 11. The molecule has 13 nitrogen and oxygen atoms in total. The number of piperidine rings is 1. The highest BCUT2D eigenvalue weighted by molar-refractivity contribution is 6.12. The molecule has 2 amide bonds.